The highest BCUT2D eigenvalue weighted by Gasteiger charge is 2.28. The van der Waals surface area contributed by atoms with Crippen LogP contribution < -0.4 is 0 Å². The van der Waals surface area contributed by atoms with Gasteiger partial charge in [-0.25, -0.2) is 8.42 Å². The average molecular weight is 375 g/mol. The van der Waals surface area contributed by atoms with E-state index in [1.54, 1.807) is 7.05 Å². The van der Waals surface area contributed by atoms with Gasteiger partial charge in [-0.2, -0.15) is 4.31 Å². The van der Waals surface area contributed by atoms with Crippen LogP contribution in [0.3, 0.4) is 0 Å². The fourth-order valence-electron chi connectivity index (χ4n) is 1.78. The van der Waals surface area contributed by atoms with E-state index in [4.69, 9.17) is 16.3 Å². The van der Waals surface area contributed by atoms with E-state index < -0.39 is 10.0 Å². The highest BCUT2D eigenvalue weighted by Crippen LogP contribution is 2.35. The Morgan fingerprint density at radius 1 is 1.67 bits per heavy atom. The normalized spacial score (nSPS) is 20.8. The minimum Gasteiger partial charge on any atom is -0.377 e. The van der Waals surface area contributed by atoms with Crippen molar-refractivity contribution in [1.82, 2.24) is 4.31 Å². The Morgan fingerprint density at radius 2 is 2.39 bits per heavy atom. The molecule has 1 aromatic rings. The minimum atomic E-state index is -3.47. The number of sulfonamides is 1. The number of nitrogens with zero attached hydrogens (tertiary/aromatic N) is 1. The first-order valence-corrected chi connectivity index (χ1v) is 8.87. The Balaban J connectivity index is 2.14. The molecule has 1 aliphatic heterocycles. The molecule has 8 heteroatoms. The molecule has 0 bridgehead atoms. The molecule has 1 fully saturated rings. The first-order valence-electron chi connectivity index (χ1n) is 5.44. The van der Waals surface area contributed by atoms with Crippen molar-refractivity contribution in [3.63, 3.8) is 0 Å². The van der Waals surface area contributed by atoms with E-state index in [2.05, 4.69) is 15.9 Å². The molecular weight excluding hydrogens is 362 g/mol. The van der Waals surface area contributed by atoms with Gasteiger partial charge < -0.3 is 4.74 Å². The SMILES string of the molecule is CN(CC1CCCO1)S(=O)(=O)c1cc(Cl)c(Br)s1. The van der Waals surface area contributed by atoms with Crippen LogP contribution in [0.4, 0.5) is 0 Å². The Kier molecular flexibility index (Phi) is 4.72. The summed E-state index contributed by atoms with van der Waals surface area (Å²) < 4.78 is 32.2. The molecule has 0 amide bonds. The van der Waals surface area contributed by atoms with Crippen LogP contribution in [-0.2, 0) is 14.8 Å². The number of likely N-dealkylation sites (N-methyl/N-ethyl adjacent to an activating group) is 1. The van der Waals surface area contributed by atoms with Gasteiger partial charge >= 0.3 is 0 Å². The standard InChI is InChI=1S/C10H13BrClNO3S2/c1-13(6-7-3-2-4-16-7)18(14,15)9-5-8(12)10(11)17-9/h5,7H,2-4,6H2,1H3. The molecule has 0 aliphatic carbocycles. The van der Waals surface area contributed by atoms with Crippen molar-refractivity contribution in [2.75, 3.05) is 20.2 Å². The molecule has 1 unspecified atom stereocenters. The summed E-state index contributed by atoms with van der Waals surface area (Å²) in [6.45, 7) is 1.10. The molecule has 18 heavy (non-hydrogen) atoms. The molecule has 0 spiro atoms. The number of rotatable bonds is 4. The fraction of sp³-hybridized carbons (Fsp3) is 0.600. The molecular formula is C10H13BrClNO3S2. The molecule has 4 nitrogen and oxygen atoms in total. The molecule has 0 N–H and O–H groups in total. The summed E-state index contributed by atoms with van der Waals surface area (Å²) in [5.74, 6) is 0. The Morgan fingerprint density at radius 3 is 2.89 bits per heavy atom. The zero-order valence-corrected chi connectivity index (χ0v) is 13.7. The summed E-state index contributed by atoms with van der Waals surface area (Å²) in [4.78, 5) is 0. The zero-order chi connectivity index (χ0) is 13.3. The van der Waals surface area contributed by atoms with E-state index in [0.29, 0.717) is 15.4 Å². The van der Waals surface area contributed by atoms with Crippen molar-refractivity contribution in [3.8, 4) is 0 Å². The van der Waals surface area contributed by atoms with E-state index in [1.807, 2.05) is 0 Å². The maximum absolute atomic E-state index is 12.3. The lowest BCUT2D eigenvalue weighted by Gasteiger charge is -2.19. The molecule has 1 atom stereocenters. The van der Waals surface area contributed by atoms with Gasteiger partial charge in [0.25, 0.3) is 10.0 Å². The van der Waals surface area contributed by atoms with E-state index in [9.17, 15) is 8.42 Å². The quantitative estimate of drug-likeness (QED) is 0.814. The molecule has 1 saturated heterocycles. The lowest BCUT2D eigenvalue weighted by atomic mass is 10.2. The van der Waals surface area contributed by atoms with Gasteiger partial charge in [0.15, 0.2) is 0 Å². The number of thiophene rings is 1. The van der Waals surface area contributed by atoms with E-state index in [0.717, 1.165) is 30.8 Å². The van der Waals surface area contributed by atoms with Crippen LogP contribution in [0.5, 0.6) is 0 Å². The van der Waals surface area contributed by atoms with Crippen LogP contribution in [0.1, 0.15) is 12.8 Å². The second-order valence-electron chi connectivity index (χ2n) is 4.11. The highest BCUT2D eigenvalue weighted by atomic mass is 79.9. The monoisotopic (exact) mass is 373 g/mol. The number of ether oxygens (including phenoxy) is 1. The molecule has 1 aliphatic rings. The third kappa shape index (κ3) is 3.08. The van der Waals surface area contributed by atoms with Crippen molar-refractivity contribution < 1.29 is 13.2 Å². The molecule has 0 saturated carbocycles. The van der Waals surface area contributed by atoms with Crippen molar-refractivity contribution in [2.45, 2.75) is 23.2 Å². The average Bonchev–Trinajstić information content (AvgIpc) is 2.90. The molecule has 1 aromatic heterocycles. The predicted molar refractivity (Wildman–Crippen MR) is 75.8 cm³/mol. The number of hydrogen-bond donors (Lipinski definition) is 0. The maximum Gasteiger partial charge on any atom is 0.252 e. The third-order valence-corrected chi connectivity index (χ3v) is 7.52. The summed E-state index contributed by atoms with van der Waals surface area (Å²) in [5, 5.41) is 0.420. The van der Waals surface area contributed by atoms with E-state index in [-0.39, 0.29) is 10.3 Å². The van der Waals surface area contributed by atoms with E-state index >= 15 is 0 Å². The van der Waals surface area contributed by atoms with Gasteiger partial charge in [-0.15, -0.1) is 11.3 Å². The van der Waals surface area contributed by atoms with Crippen molar-refractivity contribution >= 4 is 48.9 Å². The molecule has 2 rings (SSSR count). The lowest BCUT2D eigenvalue weighted by Crippen LogP contribution is -2.33. The van der Waals surface area contributed by atoms with Gasteiger partial charge in [0.05, 0.1) is 14.9 Å². The first-order chi connectivity index (χ1) is 8.41. The third-order valence-electron chi connectivity index (χ3n) is 2.77. The van der Waals surface area contributed by atoms with Crippen LogP contribution in [-0.4, -0.2) is 39.0 Å². The van der Waals surface area contributed by atoms with Crippen LogP contribution in [0.25, 0.3) is 0 Å². The second kappa shape index (κ2) is 5.76. The zero-order valence-electron chi connectivity index (χ0n) is 9.73. The van der Waals surface area contributed by atoms with Gasteiger partial charge in [0, 0.05) is 20.2 Å². The predicted octanol–water partition coefficient (Wildman–Crippen LogP) is 2.96. The lowest BCUT2D eigenvalue weighted by molar-refractivity contribution is 0.0979. The van der Waals surface area contributed by atoms with Gasteiger partial charge in [-0.1, -0.05) is 11.6 Å². The summed E-state index contributed by atoms with van der Waals surface area (Å²) in [6.07, 6.45) is 1.91. The smallest absolute Gasteiger partial charge is 0.252 e. The summed E-state index contributed by atoms with van der Waals surface area (Å²) in [6, 6.07) is 1.47. The fourth-order valence-corrected chi connectivity index (χ4v) is 5.59. The van der Waals surface area contributed by atoms with Crippen molar-refractivity contribution in [2.24, 2.45) is 0 Å². The largest absolute Gasteiger partial charge is 0.377 e. The van der Waals surface area contributed by atoms with Gasteiger partial charge in [0.1, 0.15) is 4.21 Å². The first kappa shape index (κ1) is 14.7. The van der Waals surface area contributed by atoms with Crippen molar-refractivity contribution in [1.29, 1.82) is 0 Å². The van der Waals surface area contributed by atoms with Crippen molar-refractivity contribution in [3.05, 3.63) is 14.9 Å². The van der Waals surface area contributed by atoms with Gasteiger partial charge in [-0.3, -0.25) is 0 Å². The maximum atomic E-state index is 12.3. The second-order valence-corrected chi connectivity index (χ2v) is 9.16. The highest BCUT2D eigenvalue weighted by molar-refractivity contribution is 9.11. The molecule has 0 radical (unpaired) electrons. The van der Waals surface area contributed by atoms with E-state index in [1.165, 1.54) is 10.4 Å². The number of hydrogen-bond acceptors (Lipinski definition) is 4. The summed E-state index contributed by atoms with van der Waals surface area (Å²) in [7, 11) is -1.90. The van der Waals surface area contributed by atoms with Crippen LogP contribution in [0.15, 0.2) is 14.1 Å². The Hall–Kier alpha value is 0.340. The molecule has 102 valence electrons. The summed E-state index contributed by atoms with van der Waals surface area (Å²) in [5.41, 5.74) is 0. The van der Waals surface area contributed by atoms with Crippen LogP contribution in [0, 0.1) is 0 Å². The van der Waals surface area contributed by atoms with Gasteiger partial charge in [0.2, 0.25) is 0 Å². The Bertz CT molecular complexity index is 506. The topological polar surface area (TPSA) is 46.6 Å². The Labute approximate surface area is 124 Å². The van der Waals surface area contributed by atoms with Crippen LogP contribution in [0.2, 0.25) is 5.02 Å². The van der Waals surface area contributed by atoms with Gasteiger partial charge in [-0.05, 0) is 34.8 Å². The summed E-state index contributed by atoms with van der Waals surface area (Å²) >= 11 is 10.2. The van der Waals surface area contributed by atoms with Crippen LogP contribution >= 0.6 is 38.9 Å². The molecule has 2 heterocycles. The molecule has 0 aromatic carbocycles. The minimum absolute atomic E-state index is 0.00338. The number of halogens is 2.